The Kier molecular flexibility index (Phi) is 5.90. The molecule has 1 aromatic carbocycles. The summed E-state index contributed by atoms with van der Waals surface area (Å²) in [4.78, 5) is 26.2. The van der Waals surface area contributed by atoms with Crippen LogP contribution < -0.4 is 10.6 Å². The van der Waals surface area contributed by atoms with E-state index in [2.05, 4.69) is 15.5 Å². The minimum atomic E-state index is -0.331. The molecule has 1 aliphatic heterocycles. The average molecular weight is 289 g/mol. The number of likely N-dealkylation sites (N-methyl/N-ethyl adjacent to an activating group) is 1. The largest absolute Gasteiger partial charge is 0.318 e. The maximum Gasteiger partial charge on any atom is 0.257 e. The number of hydrogen-bond donors (Lipinski definition) is 2. The van der Waals surface area contributed by atoms with Crippen molar-refractivity contribution in [3.05, 3.63) is 35.9 Å². The number of carbonyl (C=O) groups is 2. The van der Waals surface area contributed by atoms with Crippen molar-refractivity contribution in [3.63, 3.8) is 0 Å². The number of rotatable bonds is 5. The van der Waals surface area contributed by atoms with Crippen LogP contribution in [0.5, 0.6) is 0 Å². The van der Waals surface area contributed by atoms with Crippen molar-refractivity contribution in [2.45, 2.75) is 25.3 Å². The third kappa shape index (κ3) is 4.65. The smallest absolute Gasteiger partial charge is 0.257 e. The Morgan fingerprint density at radius 3 is 2.71 bits per heavy atom. The summed E-state index contributed by atoms with van der Waals surface area (Å²) >= 11 is 0. The molecule has 0 aliphatic carbocycles. The van der Waals surface area contributed by atoms with E-state index in [-0.39, 0.29) is 18.4 Å². The Morgan fingerprint density at radius 1 is 1.24 bits per heavy atom. The summed E-state index contributed by atoms with van der Waals surface area (Å²) in [5.41, 5.74) is 0.510. The van der Waals surface area contributed by atoms with Gasteiger partial charge in [0.1, 0.15) is 0 Å². The van der Waals surface area contributed by atoms with Gasteiger partial charge in [-0.25, -0.2) is 0 Å². The van der Waals surface area contributed by atoms with Crippen LogP contribution >= 0.6 is 0 Å². The van der Waals surface area contributed by atoms with Gasteiger partial charge in [-0.3, -0.25) is 19.8 Å². The lowest BCUT2D eigenvalue weighted by Gasteiger charge is -2.34. The second-order valence-electron chi connectivity index (χ2n) is 5.42. The lowest BCUT2D eigenvalue weighted by molar-refractivity contribution is -0.122. The molecule has 2 N–H and O–H groups in total. The van der Waals surface area contributed by atoms with Crippen molar-refractivity contribution in [2.75, 3.05) is 26.7 Å². The zero-order valence-corrected chi connectivity index (χ0v) is 12.5. The van der Waals surface area contributed by atoms with Crippen LogP contribution in [0.2, 0.25) is 0 Å². The number of nitrogens with zero attached hydrogens (tertiary/aromatic N) is 1. The number of likely N-dealkylation sites (tertiary alicyclic amines) is 1. The van der Waals surface area contributed by atoms with Gasteiger partial charge in [0, 0.05) is 18.2 Å². The highest BCUT2D eigenvalue weighted by Gasteiger charge is 2.24. The van der Waals surface area contributed by atoms with Crippen LogP contribution in [0.3, 0.4) is 0 Å². The van der Waals surface area contributed by atoms with E-state index in [0.29, 0.717) is 11.6 Å². The number of nitrogens with one attached hydrogen (secondary N) is 2. The van der Waals surface area contributed by atoms with Gasteiger partial charge in [0.25, 0.3) is 5.91 Å². The van der Waals surface area contributed by atoms with Crippen LogP contribution in [0.15, 0.2) is 30.3 Å². The zero-order chi connectivity index (χ0) is 15.1. The molecule has 2 rings (SSSR count). The van der Waals surface area contributed by atoms with Crippen molar-refractivity contribution in [1.82, 2.24) is 15.5 Å². The van der Waals surface area contributed by atoms with E-state index in [9.17, 15) is 9.59 Å². The van der Waals surface area contributed by atoms with Crippen LogP contribution in [0.1, 0.15) is 29.6 Å². The molecule has 5 heteroatoms. The van der Waals surface area contributed by atoms with E-state index in [1.165, 1.54) is 6.42 Å². The number of piperidine rings is 1. The van der Waals surface area contributed by atoms with Gasteiger partial charge in [-0.15, -0.1) is 0 Å². The first-order chi connectivity index (χ1) is 10.2. The lowest BCUT2D eigenvalue weighted by atomic mass is 10.0. The Balaban J connectivity index is 1.87. The van der Waals surface area contributed by atoms with Gasteiger partial charge in [0.2, 0.25) is 5.91 Å². The Bertz CT molecular complexity index is 474. The first kappa shape index (κ1) is 15.7. The van der Waals surface area contributed by atoms with Gasteiger partial charge in [0.05, 0.1) is 6.54 Å². The molecule has 1 aliphatic rings. The van der Waals surface area contributed by atoms with E-state index in [0.717, 1.165) is 25.9 Å². The molecule has 1 saturated heterocycles. The molecule has 1 atom stereocenters. The highest BCUT2D eigenvalue weighted by atomic mass is 16.2. The number of carbonyl (C=O) groups excluding carboxylic acids is 2. The first-order valence-corrected chi connectivity index (χ1v) is 7.48. The van der Waals surface area contributed by atoms with Crippen molar-refractivity contribution >= 4 is 11.8 Å². The third-order valence-corrected chi connectivity index (χ3v) is 3.82. The fourth-order valence-electron chi connectivity index (χ4n) is 2.75. The SMILES string of the molecule is CNCC1CCCCN1CC(=O)NC(=O)c1ccccc1. The highest BCUT2D eigenvalue weighted by Crippen LogP contribution is 2.15. The summed E-state index contributed by atoms with van der Waals surface area (Å²) in [6.07, 6.45) is 3.41. The molecule has 21 heavy (non-hydrogen) atoms. The fraction of sp³-hybridized carbons (Fsp3) is 0.500. The van der Waals surface area contributed by atoms with Gasteiger partial charge < -0.3 is 5.32 Å². The standard InChI is InChI=1S/C16H23N3O2/c1-17-11-14-9-5-6-10-19(14)12-15(20)18-16(21)13-7-3-2-4-8-13/h2-4,7-8,14,17H,5-6,9-12H2,1H3,(H,18,20,21). The predicted octanol–water partition coefficient (Wildman–Crippen LogP) is 1.02. The molecule has 1 aromatic rings. The first-order valence-electron chi connectivity index (χ1n) is 7.48. The normalized spacial score (nSPS) is 19.2. The predicted molar refractivity (Wildman–Crippen MR) is 82.1 cm³/mol. The molecule has 0 aromatic heterocycles. The summed E-state index contributed by atoms with van der Waals surface area (Å²) in [6, 6.07) is 9.19. The molecule has 1 fully saturated rings. The van der Waals surface area contributed by atoms with Crippen molar-refractivity contribution in [2.24, 2.45) is 0 Å². The van der Waals surface area contributed by atoms with Crippen molar-refractivity contribution < 1.29 is 9.59 Å². The Labute approximate surface area is 125 Å². The van der Waals surface area contributed by atoms with Crippen LogP contribution in [-0.2, 0) is 4.79 Å². The molecule has 2 amide bonds. The molecule has 0 radical (unpaired) electrons. The maximum absolute atomic E-state index is 12.1. The minimum absolute atomic E-state index is 0.230. The molecular formula is C16H23N3O2. The molecule has 0 bridgehead atoms. The van der Waals surface area contributed by atoms with Gasteiger partial charge in [-0.2, -0.15) is 0 Å². The molecule has 1 unspecified atom stereocenters. The second kappa shape index (κ2) is 7.90. The van der Waals surface area contributed by atoms with Gasteiger partial charge in [0.15, 0.2) is 0 Å². The zero-order valence-electron chi connectivity index (χ0n) is 12.5. The van der Waals surface area contributed by atoms with E-state index < -0.39 is 0 Å². The average Bonchev–Trinajstić information content (AvgIpc) is 2.50. The van der Waals surface area contributed by atoms with Gasteiger partial charge in [-0.05, 0) is 38.6 Å². The van der Waals surface area contributed by atoms with E-state index >= 15 is 0 Å². The molecule has 0 saturated carbocycles. The molecule has 0 spiro atoms. The Hall–Kier alpha value is -1.72. The number of hydrogen-bond acceptors (Lipinski definition) is 4. The number of benzene rings is 1. The topological polar surface area (TPSA) is 61.4 Å². The summed E-state index contributed by atoms with van der Waals surface area (Å²) in [5.74, 6) is -0.561. The minimum Gasteiger partial charge on any atom is -0.318 e. The van der Waals surface area contributed by atoms with Crippen molar-refractivity contribution in [3.8, 4) is 0 Å². The lowest BCUT2D eigenvalue weighted by Crippen LogP contribution is -2.49. The van der Waals surface area contributed by atoms with Crippen LogP contribution in [0.4, 0.5) is 0 Å². The van der Waals surface area contributed by atoms with Crippen LogP contribution in [-0.4, -0.2) is 49.4 Å². The monoisotopic (exact) mass is 289 g/mol. The summed E-state index contributed by atoms with van der Waals surface area (Å²) in [6.45, 7) is 2.07. The Morgan fingerprint density at radius 2 is 2.00 bits per heavy atom. The third-order valence-electron chi connectivity index (χ3n) is 3.82. The van der Waals surface area contributed by atoms with Crippen LogP contribution in [0.25, 0.3) is 0 Å². The highest BCUT2D eigenvalue weighted by molar-refractivity contribution is 6.05. The van der Waals surface area contributed by atoms with E-state index in [1.807, 2.05) is 13.1 Å². The van der Waals surface area contributed by atoms with Gasteiger partial charge in [-0.1, -0.05) is 24.6 Å². The summed E-state index contributed by atoms with van der Waals surface area (Å²) in [7, 11) is 1.92. The van der Waals surface area contributed by atoms with E-state index in [4.69, 9.17) is 0 Å². The molecular weight excluding hydrogens is 266 g/mol. The quantitative estimate of drug-likeness (QED) is 0.849. The fourth-order valence-corrected chi connectivity index (χ4v) is 2.75. The summed E-state index contributed by atoms with van der Waals surface area (Å²) < 4.78 is 0. The number of imide groups is 1. The molecule has 114 valence electrons. The molecule has 5 nitrogen and oxygen atoms in total. The van der Waals surface area contributed by atoms with E-state index in [1.54, 1.807) is 24.3 Å². The van der Waals surface area contributed by atoms with Crippen LogP contribution in [0, 0.1) is 0 Å². The van der Waals surface area contributed by atoms with Gasteiger partial charge >= 0.3 is 0 Å². The maximum atomic E-state index is 12.1. The molecule has 1 heterocycles. The summed E-state index contributed by atoms with van der Waals surface area (Å²) in [5, 5.41) is 5.63. The second-order valence-corrected chi connectivity index (χ2v) is 5.42. The van der Waals surface area contributed by atoms with Crippen molar-refractivity contribution in [1.29, 1.82) is 0 Å². The number of amides is 2.